The molecule has 1 aromatic rings. The van der Waals surface area contributed by atoms with Crippen molar-refractivity contribution < 1.29 is 14.3 Å². The molecule has 0 aromatic heterocycles. The maximum Gasteiger partial charge on any atom is 0.225 e. The van der Waals surface area contributed by atoms with Crippen LogP contribution in [0.4, 0.5) is 0 Å². The van der Waals surface area contributed by atoms with Gasteiger partial charge in [0.05, 0.1) is 6.61 Å². The van der Waals surface area contributed by atoms with Crippen LogP contribution in [-0.2, 0) is 9.53 Å². The van der Waals surface area contributed by atoms with E-state index in [1.54, 1.807) is 0 Å². The lowest BCUT2D eigenvalue weighted by molar-refractivity contribution is -0.139. The predicted octanol–water partition coefficient (Wildman–Crippen LogP) is 4.07. The molecule has 0 atom stereocenters. The number of ether oxygens (including phenoxy) is 2. The standard InChI is InChI=1S/C25H38N2O3/c28-25(23-11-19-29-20-12-23)27-16-9-22(10-17-27)21-5-7-24(8-6-21)30-18-4-15-26-13-2-1-3-14-26/h5-8,22-23H,1-4,9-20H2. The van der Waals surface area contributed by atoms with Crippen LogP contribution in [-0.4, -0.2) is 68.3 Å². The number of nitrogens with zero attached hydrogens (tertiary/aromatic N) is 2. The van der Waals surface area contributed by atoms with Gasteiger partial charge in [-0.25, -0.2) is 0 Å². The summed E-state index contributed by atoms with van der Waals surface area (Å²) < 4.78 is 11.4. The Morgan fingerprint density at radius 2 is 1.63 bits per heavy atom. The van der Waals surface area contributed by atoms with E-state index in [1.165, 1.54) is 37.9 Å². The summed E-state index contributed by atoms with van der Waals surface area (Å²) in [7, 11) is 0. The molecular formula is C25H38N2O3. The molecular weight excluding hydrogens is 376 g/mol. The molecule has 3 heterocycles. The van der Waals surface area contributed by atoms with Gasteiger partial charge in [-0.1, -0.05) is 18.6 Å². The smallest absolute Gasteiger partial charge is 0.225 e. The van der Waals surface area contributed by atoms with Gasteiger partial charge in [0.2, 0.25) is 5.91 Å². The molecule has 30 heavy (non-hydrogen) atoms. The van der Waals surface area contributed by atoms with E-state index >= 15 is 0 Å². The van der Waals surface area contributed by atoms with Gasteiger partial charge in [0, 0.05) is 38.8 Å². The van der Waals surface area contributed by atoms with Crippen LogP contribution in [0.15, 0.2) is 24.3 Å². The van der Waals surface area contributed by atoms with E-state index in [0.29, 0.717) is 11.8 Å². The first-order valence-corrected chi connectivity index (χ1v) is 12.1. The predicted molar refractivity (Wildman–Crippen MR) is 119 cm³/mol. The minimum atomic E-state index is 0.182. The lowest BCUT2D eigenvalue weighted by Gasteiger charge is -2.35. The molecule has 1 amide bonds. The monoisotopic (exact) mass is 414 g/mol. The van der Waals surface area contributed by atoms with Gasteiger partial charge in [0.15, 0.2) is 0 Å². The topological polar surface area (TPSA) is 42.0 Å². The SMILES string of the molecule is O=C(C1CCOCC1)N1CCC(c2ccc(OCCCN3CCCCC3)cc2)CC1. The molecule has 1 aromatic carbocycles. The van der Waals surface area contributed by atoms with Crippen molar-refractivity contribution in [2.45, 2.75) is 57.3 Å². The Bertz CT molecular complexity index is 643. The van der Waals surface area contributed by atoms with Crippen molar-refractivity contribution in [2.75, 3.05) is 52.5 Å². The Morgan fingerprint density at radius 1 is 0.933 bits per heavy atom. The summed E-state index contributed by atoms with van der Waals surface area (Å²) in [6.45, 7) is 7.71. The van der Waals surface area contributed by atoms with Crippen molar-refractivity contribution in [1.29, 1.82) is 0 Å². The van der Waals surface area contributed by atoms with Crippen molar-refractivity contribution in [1.82, 2.24) is 9.80 Å². The van der Waals surface area contributed by atoms with Gasteiger partial charge in [0.1, 0.15) is 5.75 Å². The molecule has 3 aliphatic rings. The molecule has 5 nitrogen and oxygen atoms in total. The zero-order chi connectivity index (χ0) is 20.6. The second kappa shape index (κ2) is 11.1. The fourth-order valence-electron chi connectivity index (χ4n) is 5.13. The van der Waals surface area contributed by atoms with Crippen LogP contribution in [0.2, 0.25) is 0 Å². The van der Waals surface area contributed by atoms with E-state index in [4.69, 9.17) is 9.47 Å². The average molecular weight is 415 g/mol. The van der Waals surface area contributed by atoms with Gasteiger partial charge < -0.3 is 19.3 Å². The van der Waals surface area contributed by atoms with E-state index in [1.807, 2.05) is 0 Å². The molecule has 3 saturated heterocycles. The lowest BCUT2D eigenvalue weighted by atomic mass is 9.88. The summed E-state index contributed by atoms with van der Waals surface area (Å²) in [5.41, 5.74) is 1.38. The first-order valence-electron chi connectivity index (χ1n) is 12.1. The number of hydrogen-bond donors (Lipinski definition) is 0. The quantitative estimate of drug-likeness (QED) is 0.631. The number of amides is 1. The first-order chi connectivity index (χ1) is 14.8. The largest absolute Gasteiger partial charge is 0.494 e. The highest BCUT2D eigenvalue weighted by Gasteiger charge is 2.29. The Labute approximate surface area is 181 Å². The Morgan fingerprint density at radius 3 is 2.33 bits per heavy atom. The molecule has 3 fully saturated rings. The van der Waals surface area contributed by atoms with E-state index in [0.717, 1.165) is 77.3 Å². The second-order valence-corrected chi connectivity index (χ2v) is 9.16. The maximum absolute atomic E-state index is 12.7. The van der Waals surface area contributed by atoms with Gasteiger partial charge >= 0.3 is 0 Å². The Hall–Kier alpha value is -1.59. The van der Waals surface area contributed by atoms with Gasteiger partial charge in [-0.3, -0.25) is 4.79 Å². The molecule has 0 saturated carbocycles. The molecule has 0 spiro atoms. The third-order valence-corrected chi connectivity index (χ3v) is 7.06. The van der Waals surface area contributed by atoms with E-state index in [-0.39, 0.29) is 5.92 Å². The third-order valence-electron chi connectivity index (χ3n) is 7.06. The molecule has 4 rings (SSSR count). The van der Waals surface area contributed by atoms with Crippen LogP contribution in [0.3, 0.4) is 0 Å². The molecule has 166 valence electrons. The van der Waals surface area contributed by atoms with Crippen molar-refractivity contribution >= 4 is 5.91 Å². The normalized spacial score (nSPS) is 22.2. The van der Waals surface area contributed by atoms with Crippen LogP contribution < -0.4 is 4.74 Å². The van der Waals surface area contributed by atoms with Gasteiger partial charge in [-0.2, -0.15) is 0 Å². The summed E-state index contributed by atoms with van der Waals surface area (Å²) >= 11 is 0. The molecule has 5 heteroatoms. The van der Waals surface area contributed by atoms with Crippen molar-refractivity contribution in [3.63, 3.8) is 0 Å². The number of likely N-dealkylation sites (tertiary alicyclic amines) is 2. The highest BCUT2D eigenvalue weighted by atomic mass is 16.5. The third kappa shape index (κ3) is 5.98. The molecule has 3 aliphatic heterocycles. The van der Waals surface area contributed by atoms with Crippen LogP contribution in [0, 0.1) is 5.92 Å². The summed E-state index contributed by atoms with van der Waals surface area (Å²) in [5.74, 6) is 2.06. The second-order valence-electron chi connectivity index (χ2n) is 9.16. The molecule has 0 N–H and O–H groups in total. The summed E-state index contributed by atoms with van der Waals surface area (Å²) in [6, 6.07) is 8.69. The molecule has 0 unspecified atom stereocenters. The fourth-order valence-corrected chi connectivity index (χ4v) is 5.13. The molecule has 0 bridgehead atoms. The zero-order valence-corrected chi connectivity index (χ0v) is 18.4. The van der Waals surface area contributed by atoms with Gasteiger partial charge in [0.25, 0.3) is 0 Å². The lowest BCUT2D eigenvalue weighted by Crippen LogP contribution is -2.42. The number of carbonyl (C=O) groups is 1. The number of hydrogen-bond acceptors (Lipinski definition) is 4. The fraction of sp³-hybridized carbons (Fsp3) is 0.720. The Kier molecular flexibility index (Phi) is 8.04. The van der Waals surface area contributed by atoms with Crippen LogP contribution in [0.1, 0.15) is 62.8 Å². The van der Waals surface area contributed by atoms with E-state index in [2.05, 4.69) is 34.1 Å². The number of rotatable bonds is 7. The maximum atomic E-state index is 12.7. The minimum absolute atomic E-state index is 0.182. The highest BCUT2D eigenvalue weighted by molar-refractivity contribution is 5.79. The van der Waals surface area contributed by atoms with Crippen molar-refractivity contribution in [2.24, 2.45) is 5.92 Å². The first kappa shape index (κ1) is 21.6. The van der Waals surface area contributed by atoms with Crippen molar-refractivity contribution in [3.05, 3.63) is 29.8 Å². The van der Waals surface area contributed by atoms with Gasteiger partial charge in [-0.15, -0.1) is 0 Å². The summed E-state index contributed by atoms with van der Waals surface area (Å²) in [6.07, 6.45) is 9.09. The minimum Gasteiger partial charge on any atom is -0.494 e. The Balaban J connectivity index is 1.17. The zero-order valence-electron chi connectivity index (χ0n) is 18.4. The number of carbonyl (C=O) groups excluding carboxylic acids is 1. The summed E-state index contributed by atoms with van der Waals surface area (Å²) in [5, 5.41) is 0. The van der Waals surface area contributed by atoms with E-state index in [9.17, 15) is 4.79 Å². The number of piperidine rings is 2. The van der Waals surface area contributed by atoms with Crippen LogP contribution >= 0.6 is 0 Å². The highest BCUT2D eigenvalue weighted by Crippen LogP contribution is 2.30. The average Bonchev–Trinajstić information content (AvgIpc) is 2.83. The molecule has 0 radical (unpaired) electrons. The number of benzene rings is 1. The van der Waals surface area contributed by atoms with E-state index < -0.39 is 0 Å². The summed E-state index contributed by atoms with van der Waals surface area (Å²) in [4.78, 5) is 17.4. The van der Waals surface area contributed by atoms with Crippen LogP contribution in [0.25, 0.3) is 0 Å². The van der Waals surface area contributed by atoms with Gasteiger partial charge in [-0.05, 0) is 81.6 Å². The van der Waals surface area contributed by atoms with Crippen molar-refractivity contribution in [3.8, 4) is 5.75 Å². The molecule has 0 aliphatic carbocycles. The van der Waals surface area contributed by atoms with Crippen LogP contribution in [0.5, 0.6) is 5.75 Å².